The Morgan fingerprint density at radius 2 is 1.79 bits per heavy atom. The van der Waals surface area contributed by atoms with Crippen molar-refractivity contribution >= 4 is 29.2 Å². The van der Waals surface area contributed by atoms with Crippen LogP contribution in [0, 0.1) is 6.92 Å². The highest BCUT2D eigenvalue weighted by atomic mass is 16.5. The van der Waals surface area contributed by atoms with Crippen molar-refractivity contribution in [3.8, 4) is 0 Å². The zero-order chi connectivity index (χ0) is 17.5. The lowest BCUT2D eigenvalue weighted by Gasteiger charge is -2.08. The van der Waals surface area contributed by atoms with E-state index < -0.39 is 18.5 Å². The van der Waals surface area contributed by atoms with Gasteiger partial charge in [-0.2, -0.15) is 0 Å². The first-order valence-electron chi connectivity index (χ1n) is 7.07. The predicted molar refractivity (Wildman–Crippen MR) is 86.4 cm³/mol. The molecule has 0 radical (unpaired) electrons. The second kappa shape index (κ2) is 7.82. The largest absolute Gasteiger partial charge is 0.451 e. The van der Waals surface area contributed by atoms with E-state index in [1.807, 2.05) is 0 Å². The number of anilines is 2. The Morgan fingerprint density at radius 3 is 2.42 bits per heavy atom. The molecule has 0 aliphatic heterocycles. The number of nitrogens with one attached hydrogen (secondary N) is 2. The van der Waals surface area contributed by atoms with Crippen molar-refractivity contribution in [3.05, 3.63) is 48.0 Å². The van der Waals surface area contributed by atoms with Gasteiger partial charge in [0.2, 0.25) is 5.91 Å². The Morgan fingerprint density at radius 1 is 1.08 bits per heavy atom. The van der Waals surface area contributed by atoms with Gasteiger partial charge in [0.1, 0.15) is 0 Å². The fraction of sp³-hybridized carbons (Fsp3) is 0.188. The molecule has 2 rings (SSSR count). The van der Waals surface area contributed by atoms with Crippen LogP contribution in [0.2, 0.25) is 0 Å². The third kappa shape index (κ3) is 5.16. The van der Waals surface area contributed by atoms with Gasteiger partial charge in [-0.05, 0) is 25.1 Å². The second-order valence-corrected chi connectivity index (χ2v) is 4.93. The maximum absolute atomic E-state index is 11.8. The molecule has 8 heteroatoms. The van der Waals surface area contributed by atoms with E-state index in [1.54, 1.807) is 31.2 Å². The molecule has 0 saturated heterocycles. The molecule has 2 N–H and O–H groups in total. The summed E-state index contributed by atoms with van der Waals surface area (Å²) in [5.74, 6) is -1.46. The average molecular weight is 328 g/mol. The Hall–Kier alpha value is -3.29. The van der Waals surface area contributed by atoms with Crippen LogP contribution >= 0.6 is 0 Å². The first kappa shape index (κ1) is 17.1. The number of hydrogen-bond acceptors (Lipinski definition) is 6. The predicted octanol–water partition coefficient (Wildman–Crippen LogP) is 1.54. The quantitative estimate of drug-likeness (QED) is 0.806. The van der Waals surface area contributed by atoms with Crippen LogP contribution in [0.1, 0.15) is 23.1 Å². The number of rotatable bonds is 5. The summed E-state index contributed by atoms with van der Waals surface area (Å²) in [4.78, 5) is 42.4. The van der Waals surface area contributed by atoms with Crippen LogP contribution in [0.3, 0.4) is 0 Å². The lowest BCUT2D eigenvalue weighted by Crippen LogP contribution is -2.21. The first-order chi connectivity index (χ1) is 11.4. The van der Waals surface area contributed by atoms with Crippen molar-refractivity contribution in [2.24, 2.45) is 0 Å². The summed E-state index contributed by atoms with van der Waals surface area (Å²) in [6.45, 7) is 2.67. The summed E-state index contributed by atoms with van der Waals surface area (Å²) in [5, 5.41) is 5.17. The van der Waals surface area contributed by atoms with E-state index >= 15 is 0 Å². The van der Waals surface area contributed by atoms with Crippen molar-refractivity contribution in [1.82, 2.24) is 9.97 Å². The molecule has 8 nitrogen and oxygen atoms in total. The van der Waals surface area contributed by atoms with Gasteiger partial charge >= 0.3 is 5.97 Å². The minimum atomic E-state index is -0.732. The molecular weight excluding hydrogens is 312 g/mol. The first-order valence-corrected chi connectivity index (χ1v) is 7.07. The maximum Gasteiger partial charge on any atom is 0.359 e. The standard InChI is InChI=1S/C16H16N4O4/c1-10-7-18-14(8-17-10)16(23)24-9-15(22)20-13-5-3-4-12(6-13)19-11(2)21/h3-8H,9H2,1-2H3,(H,19,21)(H,20,22). The van der Waals surface area contributed by atoms with Crippen molar-refractivity contribution < 1.29 is 19.1 Å². The number of benzene rings is 1. The Bertz CT molecular complexity index is 759. The van der Waals surface area contributed by atoms with Gasteiger partial charge in [0.05, 0.1) is 11.9 Å². The number of esters is 1. The summed E-state index contributed by atoms with van der Waals surface area (Å²) < 4.78 is 4.87. The smallest absolute Gasteiger partial charge is 0.359 e. The van der Waals surface area contributed by atoms with E-state index in [4.69, 9.17) is 4.74 Å². The van der Waals surface area contributed by atoms with Gasteiger partial charge in [0.25, 0.3) is 5.91 Å². The Labute approximate surface area is 138 Å². The van der Waals surface area contributed by atoms with Crippen molar-refractivity contribution in [2.45, 2.75) is 13.8 Å². The number of hydrogen-bond donors (Lipinski definition) is 2. The molecule has 2 aromatic rings. The molecule has 1 aromatic carbocycles. The lowest BCUT2D eigenvalue weighted by molar-refractivity contribution is -0.119. The van der Waals surface area contributed by atoms with E-state index in [9.17, 15) is 14.4 Å². The number of nitrogens with zero attached hydrogens (tertiary/aromatic N) is 2. The van der Waals surface area contributed by atoms with Gasteiger partial charge in [-0.3, -0.25) is 14.6 Å². The molecule has 0 unspecified atom stereocenters. The van der Waals surface area contributed by atoms with Crippen LogP contribution in [0.15, 0.2) is 36.7 Å². The Kier molecular flexibility index (Phi) is 5.56. The molecule has 1 heterocycles. The summed E-state index contributed by atoms with van der Waals surface area (Å²) in [6.07, 6.45) is 2.72. The van der Waals surface area contributed by atoms with Crippen LogP contribution in [0.5, 0.6) is 0 Å². The molecule has 24 heavy (non-hydrogen) atoms. The zero-order valence-corrected chi connectivity index (χ0v) is 13.2. The van der Waals surface area contributed by atoms with E-state index in [1.165, 1.54) is 19.3 Å². The van der Waals surface area contributed by atoms with Crippen LogP contribution in [0.4, 0.5) is 11.4 Å². The van der Waals surface area contributed by atoms with Crippen LogP contribution in [0.25, 0.3) is 0 Å². The minimum absolute atomic E-state index is 0.0288. The zero-order valence-electron chi connectivity index (χ0n) is 13.2. The van der Waals surface area contributed by atoms with E-state index in [-0.39, 0.29) is 11.6 Å². The molecule has 124 valence electrons. The molecule has 2 amide bonds. The summed E-state index contributed by atoms with van der Waals surface area (Å²) >= 11 is 0. The molecule has 0 aliphatic rings. The van der Waals surface area contributed by atoms with Crippen LogP contribution in [-0.4, -0.2) is 34.4 Å². The SMILES string of the molecule is CC(=O)Nc1cccc(NC(=O)COC(=O)c2cnc(C)cn2)c1. The molecule has 0 spiro atoms. The highest BCUT2D eigenvalue weighted by molar-refractivity contribution is 5.95. The van der Waals surface area contributed by atoms with Crippen molar-refractivity contribution in [1.29, 1.82) is 0 Å². The van der Waals surface area contributed by atoms with E-state index in [0.717, 1.165) is 0 Å². The van der Waals surface area contributed by atoms with Crippen LogP contribution < -0.4 is 10.6 Å². The average Bonchev–Trinajstić information content (AvgIpc) is 2.53. The summed E-state index contributed by atoms with van der Waals surface area (Å²) in [6, 6.07) is 6.60. The molecule has 0 fully saturated rings. The highest BCUT2D eigenvalue weighted by Gasteiger charge is 2.12. The normalized spacial score (nSPS) is 9.92. The van der Waals surface area contributed by atoms with Gasteiger partial charge in [0.15, 0.2) is 12.3 Å². The number of ether oxygens (including phenoxy) is 1. The van der Waals surface area contributed by atoms with Crippen molar-refractivity contribution in [2.75, 3.05) is 17.2 Å². The van der Waals surface area contributed by atoms with Crippen LogP contribution in [-0.2, 0) is 14.3 Å². The molecule has 0 saturated carbocycles. The van der Waals surface area contributed by atoms with Crippen molar-refractivity contribution in [3.63, 3.8) is 0 Å². The molecule has 0 bridgehead atoms. The number of aryl methyl sites for hydroxylation is 1. The molecule has 0 atom stereocenters. The van der Waals surface area contributed by atoms with Gasteiger partial charge in [0, 0.05) is 24.5 Å². The molecule has 1 aromatic heterocycles. The molecule has 0 aliphatic carbocycles. The third-order valence-corrected chi connectivity index (χ3v) is 2.79. The highest BCUT2D eigenvalue weighted by Crippen LogP contribution is 2.14. The second-order valence-electron chi connectivity index (χ2n) is 4.93. The Balaban J connectivity index is 1.88. The minimum Gasteiger partial charge on any atom is -0.451 e. The monoisotopic (exact) mass is 328 g/mol. The fourth-order valence-electron chi connectivity index (χ4n) is 1.78. The van der Waals surface area contributed by atoms with Gasteiger partial charge in [-0.25, -0.2) is 9.78 Å². The van der Waals surface area contributed by atoms with E-state index in [0.29, 0.717) is 17.1 Å². The van der Waals surface area contributed by atoms with Gasteiger partial charge in [-0.15, -0.1) is 0 Å². The number of aromatic nitrogens is 2. The van der Waals surface area contributed by atoms with Gasteiger partial charge < -0.3 is 15.4 Å². The summed E-state index contributed by atoms with van der Waals surface area (Å²) in [7, 11) is 0. The molecular formula is C16H16N4O4. The number of carbonyl (C=O) groups is 3. The van der Waals surface area contributed by atoms with Gasteiger partial charge in [-0.1, -0.05) is 6.07 Å². The summed E-state index contributed by atoms with van der Waals surface area (Å²) in [5.41, 5.74) is 1.72. The number of carbonyl (C=O) groups excluding carboxylic acids is 3. The number of amides is 2. The maximum atomic E-state index is 11.8. The van der Waals surface area contributed by atoms with E-state index in [2.05, 4.69) is 20.6 Å². The lowest BCUT2D eigenvalue weighted by atomic mass is 10.2. The fourth-order valence-corrected chi connectivity index (χ4v) is 1.78. The third-order valence-electron chi connectivity index (χ3n) is 2.79. The topological polar surface area (TPSA) is 110 Å².